The van der Waals surface area contributed by atoms with Crippen LogP contribution in [0.1, 0.15) is 31.7 Å². The molecule has 0 saturated heterocycles. The van der Waals surface area contributed by atoms with Gasteiger partial charge in [-0.2, -0.15) is 0 Å². The van der Waals surface area contributed by atoms with Crippen molar-refractivity contribution in [3.05, 3.63) is 48.0 Å². The number of guanidine groups is 1. The summed E-state index contributed by atoms with van der Waals surface area (Å²) in [6.45, 7) is 7.27. The molecule has 1 saturated carbocycles. The van der Waals surface area contributed by atoms with Gasteiger partial charge in [0, 0.05) is 12.0 Å². The standard InChI is InChI=1S/C16H23N3/c1-13(2)11-18-15(17)19-12-16(9-6-10-16)14-7-4-3-5-8-14/h3-5,7-8H,1,6,9-12H2,2H3,(H3,17,18,19). The van der Waals surface area contributed by atoms with Crippen LogP contribution in [0.2, 0.25) is 0 Å². The number of nitrogens with one attached hydrogen (secondary N) is 1. The lowest BCUT2D eigenvalue weighted by molar-refractivity contribution is 0.253. The van der Waals surface area contributed by atoms with Crippen LogP contribution in [-0.4, -0.2) is 19.0 Å². The lowest BCUT2D eigenvalue weighted by Crippen LogP contribution is -2.40. The van der Waals surface area contributed by atoms with E-state index in [9.17, 15) is 0 Å². The normalized spacial score (nSPS) is 17.6. The van der Waals surface area contributed by atoms with Crippen molar-refractivity contribution in [1.82, 2.24) is 5.32 Å². The molecule has 19 heavy (non-hydrogen) atoms. The van der Waals surface area contributed by atoms with E-state index in [0.717, 1.165) is 12.1 Å². The SMILES string of the molecule is C=C(C)CNC(N)=NCC1(c2ccccc2)CCC1. The molecule has 1 aliphatic rings. The van der Waals surface area contributed by atoms with E-state index >= 15 is 0 Å². The minimum absolute atomic E-state index is 0.205. The first-order valence-electron chi connectivity index (χ1n) is 6.86. The average molecular weight is 257 g/mol. The van der Waals surface area contributed by atoms with E-state index in [0.29, 0.717) is 12.5 Å². The molecule has 2 rings (SSSR count). The number of nitrogens with two attached hydrogens (primary N) is 1. The van der Waals surface area contributed by atoms with Crippen LogP contribution >= 0.6 is 0 Å². The Morgan fingerprint density at radius 2 is 2.05 bits per heavy atom. The number of hydrogen-bond donors (Lipinski definition) is 2. The van der Waals surface area contributed by atoms with Crippen molar-refractivity contribution in [1.29, 1.82) is 0 Å². The Morgan fingerprint density at radius 3 is 2.58 bits per heavy atom. The van der Waals surface area contributed by atoms with Gasteiger partial charge in [0.25, 0.3) is 0 Å². The maximum Gasteiger partial charge on any atom is 0.188 e. The van der Waals surface area contributed by atoms with Gasteiger partial charge in [-0.15, -0.1) is 0 Å². The van der Waals surface area contributed by atoms with Crippen LogP contribution in [0.4, 0.5) is 0 Å². The van der Waals surface area contributed by atoms with E-state index in [1.807, 2.05) is 6.92 Å². The highest BCUT2D eigenvalue weighted by Crippen LogP contribution is 2.43. The summed E-state index contributed by atoms with van der Waals surface area (Å²) in [7, 11) is 0. The molecule has 0 heterocycles. The zero-order valence-electron chi connectivity index (χ0n) is 11.7. The van der Waals surface area contributed by atoms with Crippen LogP contribution < -0.4 is 11.1 Å². The average Bonchev–Trinajstić information content (AvgIpc) is 2.36. The molecule has 1 aromatic carbocycles. The molecule has 1 aromatic rings. The molecule has 3 N–H and O–H groups in total. The van der Waals surface area contributed by atoms with Gasteiger partial charge in [0.2, 0.25) is 0 Å². The Hall–Kier alpha value is -1.77. The van der Waals surface area contributed by atoms with Gasteiger partial charge >= 0.3 is 0 Å². The predicted molar refractivity (Wildman–Crippen MR) is 81.3 cm³/mol. The summed E-state index contributed by atoms with van der Waals surface area (Å²) in [4.78, 5) is 4.51. The highest BCUT2D eigenvalue weighted by Gasteiger charge is 2.38. The number of benzene rings is 1. The van der Waals surface area contributed by atoms with Crippen molar-refractivity contribution in [3.63, 3.8) is 0 Å². The fourth-order valence-electron chi connectivity index (χ4n) is 2.47. The summed E-state index contributed by atoms with van der Waals surface area (Å²) in [6, 6.07) is 10.7. The van der Waals surface area contributed by atoms with Crippen molar-refractivity contribution in [2.75, 3.05) is 13.1 Å². The summed E-state index contributed by atoms with van der Waals surface area (Å²) in [5, 5.41) is 3.08. The highest BCUT2D eigenvalue weighted by molar-refractivity contribution is 5.78. The van der Waals surface area contributed by atoms with Crippen molar-refractivity contribution < 1.29 is 0 Å². The maximum atomic E-state index is 5.88. The van der Waals surface area contributed by atoms with E-state index in [2.05, 4.69) is 47.2 Å². The molecule has 1 aliphatic carbocycles. The quantitative estimate of drug-likeness (QED) is 0.484. The fourth-order valence-corrected chi connectivity index (χ4v) is 2.47. The Balaban J connectivity index is 2.00. The molecule has 0 radical (unpaired) electrons. The van der Waals surface area contributed by atoms with Gasteiger partial charge in [-0.1, -0.05) is 48.9 Å². The lowest BCUT2D eigenvalue weighted by atomic mass is 9.64. The van der Waals surface area contributed by atoms with Crippen molar-refractivity contribution in [2.24, 2.45) is 10.7 Å². The Bertz CT molecular complexity index is 458. The molecule has 3 heteroatoms. The molecule has 0 unspecified atom stereocenters. The monoisotopic (exact) mass is 257 g/mol. The van der Waals surface area contributed by atoms with Gasteiger partial charge in [0.1, 0.15) is 0 Å². The molecular weight excluding hydrogens is 234 g/mol. The summed E-state index contributed by atoms with van der Waals surface area (Å²) in [5.41, 5.74) is 8.53. The van der Waals surface area contributed by atoms with Crippen LogP contribution in [0.15, 0.2) is 47.5 Å². The smallest absolute Gasteiger partial charge is 0.188 e. The predicted octanol–water partition coefficient (Wildman–Crippen LogP) is 2.59. The largest absolute Gasteiger partial charge is 0.370 e. The molecule has 0 bridgehead atoms. The minimum Gasteiger partial charge on any atom is -0.370 e. The third-order valence-corrected chi connectivity index (χ3v) is 3.82. The minimum atomic E-state index is 0.205. The first kappa shape index (κ1) is 13.7. The number of hydrogen-bond acceptors (Lipinski definition) is 1. The summed E-state index contributed by atoms with van der Waals surface area (Å²) in [5.74, 6) is 0.519. The molecule has 0 amide bonds. The summed E-state index contributed by atoms with van der Waals surface area (Å²) in [6.07, 6.45) is 3.69. The molecule has 3 nitrogen and oxygen atoms in total. The van der Waals surface area contributed by atoms with E-state index in [4.69, 9.17) is 5.73 Å². The van der Waals surface area contributed by atoms with Crippen molar-refractivity contribution in [2.45, 2.75) is 31.6 Å². The van der Waals surface area contributed by atoms with Crippen LogP contribution in [0.5, 0.6) is 0 Å². The molecule has 0 spiro atoms. The first-order chi connectivity index (χ1) is 9.12. The van der Waals surface area contributed by atoms with E-state index < -0.39 is 0 Å². The Morgan fingerprint density at radius 1 is 1.37 bits per heavy atom. The summed E-state index contributed by atoms with van der Waals surface area (Å²) < 4.78 is 0. The zero-order chi connectivity index (χ0) is 13.7. The van der Waals surface area contributed by atoms with Gasteiger partial charge in [0.05, 0.1) is 6.54 Å². The van der Waals surface area contributed by atoms with Crippen molar-refractivity contribution >= 4 is 5.96 Å². The molecule has 0 aromatic heterocycles. The third kappa shape index (κ3) is 3.37. The van der Waals surface area contributed by atoms with Gasteiger partial charge in [-0.05, 0) is 25.3 Å². The highest BCUT2D eigenvalue weighted by atomic mass is 15.1. The van der Waals surface area contributed by atoms with Crippen LogP contribution in [0, 0.1) is 0 Å². The number of rotatable bonds is 5. The maximum absolute atomic E-state index is 5.88. The van der Waals surface area contributed by atoms with Crippen molar-refractivity contribution in [3.8, 4) is 0 Å². The molecule has 102 valence electrons. The van der Waals surface area contributed by atoms with Crippen LogP contribution in [-0.2, 0) is 5.41 Å². The molecule has 0 aliphatic heterocycles. The number of nitrogens with zero attached hydrogens (tertiary/aromatic N) is 1. The second-order valence-corrected chi connectivity index (χ2v) is 5.51. The van der Waals surface area contributed by atoms with E-state index in [1.54, 1.807) is 0 Å². The van der Waals surface area contributed by atoms with E-state index in [-0.39, 0.29) is 5.41 Å². The molecule has 0 atom stereocenters. The lowest BCUT2D eigenvalue weighted by Gasteiger charge is -2.41. The molecular formula is C16H23N3. The van der Waals surface area contributed by atoms with Gasteiger partial charge in [-0.3, -0.25) is 4.99 Å². The van der Waals surface area contributed by atoms with Gasteiger partial charge in [0.15, 0.2) is 5.96 Å². The Labute approximate surface area is 115 Å². The van der Waals surface area contributed by atoms with E-state index in [1.165, 1.54) is 24.8 Å². The van der Waals surface area contributed by atoms with Gasteiger partial charge in [-0.25, -0.2) is 0 Å². The topological polar surface area (TPSA) is 50.4 Å². The Kier molecular flexibility index (Phi) is 4.25. The zero-order valence-corrected chi connectivity index (χ0v) is 11.7. The number of aliphatic imine (C=N–C) groups is 1. The molecule has 1 fully saturated rings. The fraction of sp³-hybridized carbons (Fsp3) is 0.438. The third-order valence-electron chi connectivity index (χ3n) is 3.82. The summed E-state index contributed by atoms with van der Waals surface area (Å²) >= 11 is 0. The first-order valence-corrected chi connectivity index (χ1v) is 6.86. The van der Waals surface area contributed by atoms with Crippen LogP contribution in [0.3, 0.4) is 0 Å². The van der Waals surface area contributed by atoms with Gasteiger partial charge < -0.3 is 11.1 Å². The second kappa shape index (κ2) is 5.91. The van der Waals surface area contributed by atoms with Crippen LogP contribution in [0.25, 0.3) is 0 Å². The second-order valence-electron chi connectivity index (χ2n) is 5.51.